The second-order valence-electron chi connectivity index (χ2n) is 3.29. The molecule has 0 rings (SSSR count). The molecular formula is C8H20N2O. The summed E-state index contributed by atoms with van der Waals surface area (Å²) in [7, 11) is 1.88. The monoisotopic (exact) mass is 160 g/mol. The summed E-state index contributed by atoms with van der Waals surface area (Å²) in [6, 6.07) is -0.0950. The van der Waals surface area contributed by atoms with Gasteiger partial charge in [0.1, 0.15) is 0 Å². The summed E-state index contributed by atoms with van der Waals surface area (Å²) in [5.74, 6) is 0.252. The van der Waals surface area contributed by atoms with Crippen LogP contribution in [-0.2, 0) is 0 Å². The summed E-state index contributed by atoms with van der Waals surface area (Å²) in [5, 5.41) is 12.5. The molecule has 0 spiro atoms. The van der Waals surface area contributed by atoms with E-state index in [-0.39, 0.29) is 18.1 Å². The molecule has 3 heteroatoms. The second kappa shape index (κ2) is 5.52. The van der Waals surface area contributed by atoms with Crippen LogP contribution in [0.5, 0.6) is 0 Å². The van der Waals surface area contributed by atoms with Crippen LogP contribution >= 0.6 is 0 Å². The molecule has 0 aliphatic carbocycles. The van der Waals surface area contributed by atoms with Crippen molar-refractivity contribution >= 4 is 0 Å². The molecule has 0 bridgehead atoms. The maximum Gasteiger partial charge on any atom is 0.0714 e. The molecule has 0 saturated carbocycles. The Kier molecular flexibility index (Phi) is 5.46. The van der Waals surface area contributed by atoms with Gasteiger partial charge in [-0.15, -0.1) is 0 Å². The first-order valence-corrected chi connectivity index (χ1v) is 4.17. The lowest BCUT2D eigenvalue weighted by Gasteiger charge is -2.21. The first kappa shape index (κ1) is 10.9. The smallest absolute Gasteiger partial charge is 0.0714 e. The minimum absolute atomic E-state index is 0.0950. The molecule has 0 aromatic rings. The molecule has 0 aromatic heterocycles. The maximum absolute atomic E-state index is 9.47. The van der Waals surface area contributed by atoms with Crippen LogP contribution in [0.25, 0.3) is 0 Å². The van der Waals surface area contributed by atoms with E-state index in [0.717, 1.165) is 13.0 Å². The fourth-order valence-corrected chi connectivity index (χ4v) is 0.976. The Bertz CT molecular complexity index is 96.1. The van der Waals surface area contributed by atoms with Crippen LogP contribution in [0.2, 0.25) is 0 Å². The van der Waals surface area contributed by atoms with Gasteiger partial charge in [-0.05, 0) is 25.9 Å². The lowest BCUT2D eigenvalue weighted by Crippen LogP contribution is -2.39. The molecule has 2 unspecified atom stereocenters. The number of hydrogen-bond donors (Lipinski definition) is 3. The minimum atomic E-state index is -0.372. The van der Waals surface area contributed by atoms with E-state index in [2.05, 4.69) is 5.32 Å². The fraction of sp³-hybridized carbons (Fsp3) is 1.00. The van der Waals surface area contributed by atoms with Crippen molar-refractivity contribution in [2.24, 2.45) is 11.7 Å². The van der Waals surface area contributed by atoms with Crippen LogP contribution in [0.1, 0.15) is 20.3 Å². The van der Waals surface area contributed by atoms with Crippen molar-refractivity contribution in [2.75, 3.05) is 13.6 Å². The topological polar surface area (TPSA) is 58.3 Å². The minimum Gasteiger partial charge on any atom is -0.391 e. The van der Waals surface area contributed by atoms with Crippen LogP contribution in [0.15, 0.2) is 0 Å². The van der Waals surface area contributed by atoms with E-state index < -0.39 is 0 Å². The zero-order chi connectivity index (χ0) is 8.85. The Morgan fingerprint density at radius 1 is 1.45 bits per heavy atom. The molecular weight excluding hydrogens is 140 g/mol. The molecule has 0 amide bonds. The summed E-state index contributed by atoms with van der Waals surface area (Å²) >= 11 is 0. The third-order valence-electron chi connectivity index (χ3n) is 1.85. The predicted molar refractivity (Wildman–Crippen MR) is 47.4 cm³/mol. The first-order valence-electron chi connectivity index (χ1n) is 4.17. The Morgan fingerprint density at radius 2 is 2.00 bits per heavy atom. The van der Waals surface area contributed by atoms with Crippen LogP contribution < -0.4 is 11.1 Å². The van der Waals surface area contributed by atoms with Crippen LogP contribution in [0.3, 0.4) is 0 Å². The first-order chi connectivity index (χ1) is 5.09. The Hall–Kier alpha value is -0.120. The van der Waals surface area contributed by atoms with Gasteiger partial charge in [0.2, 0.25) is 0 Å². The molecule has 0 saturated heterocycles. The van der Waals surface area contributed by atoms with E-state index in [0.29, 0.717) is 0 Å². The van der Waals surface area contributed by atoms with Gasteiger partial charge < -0.3 is 16.2 Å². The van der Waals surface area contributed by atoms with Gasteiger partial charge in [-0.3, -0.25) is 0 Å². The van der Waals surface area contributed by atoms with Crippen molar-refractivity contribution < 1.29 is 5.11 Å². The molecule has 68 valence electrons. The largest absolute Gasteiger partial charge is 0.391 e. The highest BCUT2D eigenvalue weighted by Gasteiger charge is 2.16. The highest BCUT2D eigenvalue weighted by molar-refractivity contribution is 4.74. The van der Waals surface area contributed by atoms with Gasteiger partial charge in [0, 0.05) is 6.04 Å². The quantitative estimate of drug-likeness (QED) is 0.528. The van der Waals surface area contributed by atoms with Gasteiger partial charge >= 0.3 is 0 Å². The lowest BCUT2D eigenvalue weighted by atomic mass is 9.98. The van der Waals surface area contributed by atoms with Crippen LogP contribution in [0.4, 0.5) is 0 Å². The number of nitrogens with two attached hydrogens (primary N) is 1. The number of aliphatic hydroxyl groups excluding tert-OH is 1. The predicted octanol–water partition coefficient (Wildman–Crippen LogP) is -0.0599. The molecule has 0 aromatic carbocycles. The van der Waals surface area contributed by atoms with E-state index in [4.69, 9.17) is 5.73 Å². The summed E-state index contributed by atoms with van der Waals surface area (Å²) in [5.41, 5.74) is 5.71. The average Bonchev–Trinajstić information content (AvgIpc) is 1.98. The molecule has 0 aliphatic rings. The van der Waals surface area contributed by atoms with Crippen molar-refractivity contribution in [3.63, 3.8) is 0 Å². The zero-order valence-electron chi connectivity index (χ0n) is 7.67. The zero-order valence-corrected chi connectivity index (χ0v) is 7.67. The van der Waals surface area contributed by atoms with Crippen molar-refractivity contribution in [3.05, 3.63) is 0 Å². The summed E-state index contributed by atoms with van der Waals surface area (Å²) in [6.45, 7) is 4.82. The molecule has 0 fully saturated rings. The number of hydrogen-bond acceptors (Lipinski definition) is 3. The molecule has 4 N–H and O–H groups in total. The van der Waals surface area contributed by atoms with E-state index in [1.54, 1.807) is 0 Å². The maximum atomic E-state index is 9.47. The number of aliphatic hydroxyl groups is 1. The third kappa shape index (κ3) is 4.35. The molecule has 11 heavy (non-hydrogen) atoms. The third-order valence-corrected chi connectivity index (χ3v) is 1.85. The van der Waals surface area contributed by atoms with Gasteiger partial charge in [0.25, 0.3) is 0 Å². The van der Waals surface area contributed by atoms with E-state index in [1.165, 1.54) is 0 Å². The standard InChI is InChI=1S/C8H20N2O/c1-6(2)8(11)7(9)4-5-10-3/h6-8,10-11H,4-5,9H2,1-3H3. The van der Waals surface area contributed by atoms with Crippen LogP contribution in [-0.4, -0.2) is 30.8 Å². The van der Waals surface area contributed by atoms with Gasteiger partial charge in [0.15, 0.2) is 0 Å². The highest BCUT2D eigenvalue weighted by Crippen LogP contribution is 2.06. The lowest BCUT2D eigenvalue weighted by molar-refractivity contribution is 0.0949. The average molecular weight is 160 g/mol. The van der Waals surface area contributed by atoms with Gasteiger partial charge in [-0.2, -0.15) is 0 Å². The Balaban J connectivity index is 3.55. The van der Waals surface area contributed by atoms with E-state index in [9.17, 15) is 5.11 Å². The van der Waals surface area contributed by atoms with Crippen molar-refractivity contribution in [2.45, 2.75) is 32.4 Å². The molecule has 0 aliphatic heterocycles. The van der Waals surface area contributed by atoms with Crippen molar-refractivity contribution in [1.82, 2.24) is 5.32 Å². The molecule has 3 nitrogen and oxygen atoms in total. The van der Waals surface area contributed by atoms with Crippen molar-refractivity contribution in [3.8, 4) is 0 Å². The second-order valence-corrected chi connectivity index (χ2v) is 3.29. The normalized spacial score (nSPS) is 16.9. The molecule has 2 atom stereocenters. The summed E-state index contributed by atoms with van der Waals surface area (Å²) < 4.78 is 0. The van der Waals surface area contributed by atoms with Gasteiger partial charge in [-0.1, -0.05) is 13.8 Å². The number of rotatable bonds is 5. The summed E-state index contributed by atoms with van der Waals surface area (Å²) in [4.78, 5) is 0. The highest BCUT2D eigenvalue weighted by atomic mass is 16.3. The summed E-state index contributed by atoms with van der Waals surface area (Å²) in [6.07, 6.45) is 0.457. The molecule has 0 radical (unpaired) electrons. The van der Waals surface area contributed by atoms with Crippen molar-refractivity contribution in [1.29, 1.82) is 0 Å². The van der Waals surface area contributed by atoms with E-state index in [1.807, 2.05) is 20.9 Å². The Labute approximate surface area is 69.0 Å². The molecule has 0 heterocycles. The SMILES string of the molecule is CNCCC(N)C(O)C(C)C. The fourth-order valence-electron chi connectivity index (χ4n) is 0.976. The number of nitrogens with one attached hydrogen (secondary N) is 1. The Morgan fingerprint density at radius 3 is 2.36 bits per heavy atom. The van der Waals surface area contributed by atoms with E-state index >= 15 is 0 Å². The van der Waals surface area contributed by atoms with Gasteiger partial charge in [0.05, 0.1) is 6.10 Å². The van der Waals surface area contributed by atoms with Gasteiger partial charge in [-0.25, -0.2) is 0 Å². The van der Waals surface area contributed by atoms with Crippen LogP contribution in [0, 0.1) is 5.92 Å².